The van der Waals surface area contributed by atoms with Gasteiger partial charge >= 0.3 is 0 Å². The predicted molar refractivity (Wildman–Crippen MR) is 115 cm³/mol. The highest BCUT2D eigenvalue weighted by Crippen LogP contribution is 2.17. The summed E-state index contributed by atoms with van der Waals surface area (Å²) in [5, 5.41) is 24.7. The summed E-state index contributed by atoms with van der Waals surface area (Å²) in [7, 11) is 1.86. The lowest BCUT2D eigenvalue weighted by atomic mass is 10.0. The van der Waals surface area contributed by atoms with Gasteiger partial charge in [-0.15, -0.1) is 0 Å². The summed E-state index contributed by atoms with van der Waals surface area (Å²) in [4.78, 5) is 13.2. The minimum atomic E-state index is -0.0235. The lowest BCUT2D eigenvalue weighted by Gasteiger charge is -2.15. The van der Waals surface area contributed by atoms with Crippen molar-refractivity contribution in [1.82, 2.24) is 30.4 Å². The van der Waals surface area contributed by atoms with Crippen LogP contribution in [0.1, 0.15) is 18.4 Å². The number of aliphatic imine (C=N–C) groups is 1. The normalized spacial score (nSPS) is 12.7. The first kappa shape index (κ1) is 20.5. The summed E-state index contributed by atoms with van der Waals surface area (Å²) < 4.78 is 1.72. The van der Waals surface area contributed by atoms with Crippen LogP contribution in [0.3, 0.4) is 0 Å². The first-order valence-electron chi connectivity index (χ1n) is 9.77. The molecule has 9 nitrogen and oxygen atoms in total. The van der Waals surface area contributed by atoms with Crippen LogP contribution in [0.15, 0.2) is 47.8 Å². The second-order valence-corrected chi connectivity index (χ2v) is 6.59. The van der Waals surface area contributed by atoms with Gasteiger partial charge in [0, 0.05) is 32.6 Å². The number of anilines is 1. The molecule has 9 heteroatoms. The van der Waals surface area contributed by atoms with Crippen LogP contribution < -0.4 is 16.0 Å². The number of aromatic nitrogens is 4. The molecule has 0 amide bonds. The second kappa shape index (κ2) is 10.4. The zero-order chi connectivity index (χ0) is 20.5. The molecular formula is C20H28N8O. The minimum Gasteiger partial charge on any atom is -0.396 e. The van der Waals surface area contributed by atoms with E-state index in [0.717, 1.165) is 34.9 Å². The van der Waals surface area contributed by atoms with Gasteiger partial charge in [-0.2, -0.15) is 5.10 Å². The minimum absolute atomic E-state index is 0.0235. The van der Waals surface area contributed by atoms with Gasteiger partial charge in [0.1, 0.15) is 12.1 Å². The number of aryl methyl sites for hydroxylation is 1. The molecule has 3 aromatic rings. The molecule has 1 unspecified atom stereocenters. The Balaban J connectivity index is 1.54. The van der Waals surface area contributed by atoms with Gasteiger partial charge in [-0.05, 0) is 12.5 Å². The number of fused-ring (bicyclic) bond motifs is 1. The molecule has 29 heavy (non-hydrogen) atoms. The Labute approximate surface area is 170 Å². The average Bonchev–Trinajstić information content (AvgIpc) is 3.14. The van der Waals surface area contributed by atoms with E-state index in [0.29, 0.717) is 19.6 Å². The smallest absolute Gasteiger partial charge is 0.191 e. The van der Waals surface area contributed by atoms with Crippen LogP contribution in [0.2, 0.25) is 0 Å². The molecule has 2 aromatic heterocycles. The van der Waals surface area contributed by atoms with E-state index in [2.05, 4.69) is 36.0 Å². The molecule has 0 radical (unpaired) electrons. The highest BCUT2D eigenvalue weighted by atomic mass is 16.3. The standard InChI is InChI=1S/C20H28N8O/c1-3-21-20(24-11-16(13-29)15-7-5-4-6-8-15)23-10-9-22-18-17-12-27-28(2)19(17)26-14-25-18/h4-8,12,14,16,29H,3,9-11,13H2,1-2H3,(H2,21,23,24)(H,22,25,26). The summed E-state index contributed by atoms with van der Waals surface area (Å²) in [5.74, 6) is 1.46. The number of rotatable bonds is 9. The molecule has 0 fully saturated rings. The number of hydrogen-bond donors (Lipinski definition) is 4. The summed E-state index contributed by atoms with van der Waals surface area (Å²) in [5.41, 5.74) is 1.88. The second-order valence-electron chi connectivity index (χ2n) is 6.59. The van der Waals surface area contributed by atoms with E-state index in [-0.39, 0.29) is 12.5 Å². The Kier molecular flexibility index (Phi) is 7.34. The van der Waals surface area contributed by atoms with Crippen LogP contribution in [-0.2, 0) is 7.05 Å². The number of nitrogens with zero attached hydrogens (tertiary/aromatic N) is 5. The van der Waals surface area contributed by atoms with Crippen molar-refractivity contribution in [3.63, 3.8) is 0 Å². The molecular weight excluding hydrogens is 368 g/mol. The van der Waals surface area contributed by atoms with Crippen LogP contribution >= 0.6 is 0 Å². The van der Waals surface area contributed by atoms with Gasteiger partial charge in [-0.1, -0.05) is 30.3 Å². The first-order valence-corrected chi connectivity index (χ1v) is 9.77. The van der Waals surface area contributed by atoms with Crippen molar-refractivity contribution in [3.8, 4) is 0 Å². The summed E-state index contributed by atoms with van der Waals surface area (Å²) in [6.45, 7) is 4.67. The Morgan fingerprint density at radius 3 is 2.76 bits per heavy atom. The van der Waals surface area contributed by atoms with Crippen molar-refractivity contribution in [2.24, 2.45) is 12.0 Å². The molecule has 0 saturated carbocycles. The SMILES string of the molecule is CCNC(=NCC(CO)c1ccccc1)NCCNc1ncnc2c1cnn2C. The molecule has 1 atom stereocenters. The van der Waals surface area contributed by atoms with Gasteiger partial charge < -0.3 is 21.1 Å². The van der Waals surface area contributed by atoms with Crippen LogP contribution in [-0.4, -0.2) is 63.6 Å². The third kappa shape index (κ3) is 5.41. The molecule has 0 aliphatic rings. The predicted octanol–water partition coefficient (Wildman–Crippen LogP) is 1.11. The maximum Gasteiger partial charge on any atom is 0.191 e. The number of aliphatic hydroxyl groups excluding tert-OH is 1. The maximum absolute atomic E-state index is 9.71. The number of aliphatic hydroxyl groups is 1. The van der Waals surface area contributed by atoms with Gasteiger partial charge in [0.25, 0.3) is 0 Å². The van der Waals surface area contributed by atoms with Gasteiger partial charge in [0.2, 0.25) is 0 Å². The zero-order valence-electron chi connectivity index (χ0n) is 16.8. The molecule has 2 heterocycles. The monoisotopic (exact) mass is 396 g/mol. The van der Waals surface area contributed by atoms with Crippen molar-refractivity contribution >= 4 is 22.8 Å². The maximum atomic E-state index is 9.71. The lowest BCUT2D eigenvalue weighted by molar-refractivity contribution is 0.268. The van der Waals surface area contributed by atoms with E-state index in [4.69, 9.17) is 0 Å². The van der Waals surface area contributed by atoms with Crippen molar-refractivity contribution in [2.45, 2.75) is 12.8 Å². The van der Waals surface area contributed by atoms with E-state index >= 15 is 0 Å². The lowest BCUT2D eigenvalue weighted by Crippen LogP contribution is -2.40. The molecule has 0 spiro atoms. The molecule has 154 valence electrons. The summed E-state index contributed by atoms with van der Waals surface area (Å²) in [6, 6.07) is 9.95. The number of nitrogens with one attached hydrogen (secondary N) is 3. The van der Waals surface area contributed by atoms with Gasteiger partial charge in [0.05, 0.1) is 24.7 Å². The van der Waals surface area contributed by atoms with Gasteiger partial charge in [-0.25, -0.2) is 9.97 Å². The third-order valence-electron chi connectivity index (χ3n) is 4.54. The molecule has 0 aliphatic carbocycles. The highest BCUT2D eigenvalue weighted by Gasteiger charge is 2.10. The third-order valence-corrected chi connectivity index (χ3v) is 4.54. The number of guanidine groups is 1. The molecule has 0 bridgehead atoms. The van der Waals surface area contributed by atoms with Crippen LogP contribution in [0.4, 0.5) is 5.82 Å². The van der Waals surface area contributed by atoms with E-state index in [1.807, 2.05) is 44.3 Å². The number of hydrogen-bond acceptors (Lipinski definition) is 6. The van der Waals surface area contributed by atoms with Gasteiger partial charge in [0.15, 0.2) is 11.6 Å². The Morgan fingerprint density at radius 2 is 2.00 bits per heavy atom. The van der Waals surface area contributed by atoms with E-state index < -0.39 is 0 Å². The van der Waals surface area contributed by atoms with Crippen molar-refractivity contribution in [3.05, 3.63) is 48.4 Å². The number of benzene rings is 1. The fraction of sp³-hybridized carbons (Fsp3) is 0.400. The molecule has 3 rings (SSSR count). The fourth-order valence-corrected chi connectivity index (χ4v) is 3.00. The molecule has 1 aromatic carbocycles. The Hall–Kier alpha value is -3.20. The quantitative estimate of drug-likeness (QED) is 0.243. The van der Waals surface area contributed by atoms with Crippen LogP contribution in [0.25, 0.3) is 11.0 Å². The zero-order valence-corrected chi connectivity index (χ0v) is 16.8. The molecule has 0 saturated heterocycles. The van der Waals surface area contributed by atoms with Crippen molar-refractivity contribution in [1.29, 1.82) is 0 Å². The topological polar surface area (TPSA) is 112 Å². The Morgan fingerprint density at radius 1 is 1.17 bits per heavy atom. The van der Waals surface area contributed by atoms with Crippen LogP contribution in [0, 0.1) is 0 Å². The fourth-order valence-electron chi connectivity index (χ4n) is 3.00. The van der Waals surface area contributed by atoms with Crippen molar-refractivity contribution < 1.29 is 5.11 Å². The van der Waals surface area contributed by atoms with Crippen molar-refractivity contribution in [2.75, 3.05) is 38.1 Å². The van der Waals surface area contributed by atoms with Crippen LogP contribution in [0.5, 0.6) is 0 Å². The Bertz CT molecular complexity index is 925. The average molecular weight is 396 g/mol. The van der Waals surface area contributed by atoms with E-state index in [9.17, 15) is 5.11 Å². The summed E-state index contributed by atoms with van der Waals surface area (Å²) in [6.07, 6.45) is 3.29. The molecule has 4 N–H and O–H groups in total. The largest absolute Gasteiger partial charge is 0.396 e. The first-order chi connectivity index (χ1) is 14.2. The van der Waals surface area contributed by atoms with E-state index in [1.54, 1.807) is 10.9 Å². The highest BCUT2D eigenvalue weighted by molar-refractivity contribution is 5.86. The van der Waals surface area contributed by atoms with E-state index in [1.165, 1.54) is 6.33 Å². The van der Waals surface area contributed by atoms with Gasteiger partial charge in [-0.3, -0.25) is 9.67 Å². The summed E-state index contributed by atoms with van der Waals surface area (Å²) >= 11 is 0. The molecule has 0 aliphatic heterocycles.